The summed E-state index contributed by atoms with van der Waals surface area (Å²) in [5.41, 5.74) is 2.29. The summed E-state index contributed by atoms with van der Waals surface area (Å²) in [5.74, 6) is 1.01. The minimum absolute atomic E-state index is 0.0598. The number of hydrogen-bond acceptors (Lipinski definition) is 2. The molecule has 1 aliphatic carbocycles. The Hall–Kier alpha value is 0.0600. The van der Waals surface area contributed by atoms with Gasteiger partial charge in [0.05, 0.1) is 16.4 Å². The van der Waals surface area contributed by atoms with E-state index < -0.39 is 0 Å². The molecule has 1 atom stereocenters. The summed E-state index contributed by atoms with van der Waals surface area (Å²) >= 11 is 10.8. The summed E-state index contributed by atoms with van der Waals surface area (Å²) in [7, 11) is 0. The number of hydrogen-bond donors (Lipinski definition) is 0. The molecule has 1 unspecified atom stereocenters. The number of fused-ring (bicyclic) bond motifs is 1. The summed E-state index contributed by atoms with van der Waals surface area (Å²) in [6, 6.07) is 6.50. The van der Waals surface area contributed by atoms with E-state index in [-0.39, 0.29) is 5.38 Å². The minimum Gasteiger partial charge on any atom is -0.325 e. The molecule has 0 N–H and O–H groups in total. The van der Waals surface area contributed by atoms with Crippen LogP contribution in [-0.2, 0) is 6.54 Å². The lowest BCUT2D eigenvalue weighted by molar-refractivity contribution is 0.501. The molecule has 1 aliphatic rings. The van der Waals surface area contributed by atoms with Crippen molar-refractivity contribution in [2.75, 3.05) is 6.26 Å². The van der Waals surface area contributed by atoms with Crippen LogP contribution in [0.1, 0.15) is 43.8 Å². The first kappa shape index (κ1) is 15.9. The summed E-state index contributed by atoms with van der Waals surface area (Å²) in [4.78, 5) is 4.80. The number of rotatable bonds is 4. The molecule has 1 fully saturated rings. The van der Waals surface area contributed by atoms with Gasteiger partial charge in [-0.05, 0) is 66.8 Å². The van der Waals surface area contributed by atoms with Gasteiger partial charge in [-0.15, -0.1) is 11.6 Å². The highest BCUT2D eigenvalue weighted by Crippen LogP contribution is 2.42. The Morgan fingerprint density at radius 3 is 2.76 bits per heavy atom. The number of aromatic nitrogens is 2. The van der Waals surface area contributed by atoms with Crippen molar-refractivity contribution < 1.29 is 0 Å². The maximum Gasteiger partial charge on any atom is 0.127 e. The summed E-state index contributed by atoms with van der Waals surface area (Å²) in [5, 5.41) is -0.0598. The Bertz CT molecular complexity index is 647. The topological polar surface area (TPSA) is 17.8 Å². The monoisotopic (exact) mass is 434 g/mol. The van der Waals surface area contributed by atoms with E-state index in [2.05, 4.69) is 51.6 Å². The van der Waals surface area contributed by atoms with Gasteiger partial charge >= 0.3 is 0 Å². The van der Waals surface area contributed by atoms with Crippen LogP contribution in [0.25, 0.3) is 11.0 Å². The maximum atomic E-state index is 6.40. The van der Waals surface area contributed by atoms with E-state index in [1.54, 1.807) is 0 Å². The quantitative estimate of drug-likeness (QED) is 0.459. The van der Waals surface area contributed by atoms with Gasteiger partial charge < -0.3 is 4.57 Å². The van der Waals surface area contributed by atoms with E-state index in [1.165, 1.54) is 34.8 Å². The molecule has 1 aromatic carbocycles. The second-order valence-corrected chi connectivity index (χ2v) is 9.07. The van der Waals surface area contributed by atoms with Crippen LogP contribution in [0.3, 0.4) is 0 Å². The van der Waals surface area contributed by atoms with Crippen molar-refractivity contribution in [1.29, 1.82) is 0 Å². The Kier molecular flexibility index (Phi) is 4.77. The predicted octanol–water partition coefficient (Wildman–Crippen LogP) is 5.62. The van der Waals surface area contributed by atoms with Gasteiger partial charge in [-0.25, -0.2) is 4.98 Å². The fourth-order valence-electron chi connectivity index (χ4n) is 3.33. The number of thioether (sulfide) groups is 1. The van der Waals surface area contributed by atoms with Gasteiger partial charge in [-0.1, -0.05) is 12.8 Å². The van der Waals surface area contributed by atoms with Gasteiger partial charge in [0.1, 0.15) is 5.82 Å². The normalized spacial score (nSPS) is 19.2. The molecule has 1 aromatic heterocycles. The number of benzene rings is 1. The van der Waals surface area contributed by atoms with E-state index in [0.29, 0.717) is 4.75 Å². The molecular formula is C16H20ClIN2S. The first-order chi connectivity index (χ1) is 10.0. The van der Waals surface area contributed by atoms with Crippen LogP contribution in [-0.4, -0.2) is 20.6 Å². The van der Waals surface area contributed by atoms with Gasteiger partial charge in [-0.2, -0.15) is 11.8 Å². The number of nitrogens with zero attached hydrogens (tertiary/aromatic N) is 2. The third-order valence-corrected chi connectivity index (χ3v) is 6.76. The lowest BCUT2D eigenvalue weighted by Gasteiger charge is -2.28. The second kappa shape index (κ2) is 6.28. The zero-order chi connectivity index (χ0) is 15.0. The Morgan fingerprint density at radius 2 is 2.14 bits per heavy atom. The third-order valence-electron chi connectivity index (χ3n) is 4.49. The lowest BCUT2D eigenvalue weighted by Crippen LogP contribution is -2.27. The van der Waals surface area contributed by atoms with Crippen molar-refractivity contribution in [3.63, 3.8) is 0 Å². The lowest BCUT2D eigenvalue weighted by atomic mass is 10.1. The van der Waals surface area contributed by atoms with Crippen LogP contribution in [0.15, 0.2) is 18.2 Å². The first-order valence-corrected chi connectivity index (χ1v) is 10.1. The first-order valence-electron chi connectivity index (χ1n) is 7.39. The molecule has 0 spiro atoms. The van der Waals surface area contributed by atoms with Gasteiger partial charge in [0.15, 0.2) is 0 Å². The SMILES string of the molecule is CSC1(Cn2c(C(C)Cl)nc3cc(I)ccc32)CCCC1. The summed E-state index contributed by atoms with van der Waals surface area (Å²) in [6.07, 6.45) is 7.54. The molecule has 3 rings (SSSR count). The van der Waals surface area contributed by atoms with Gasteiger partial charge in [0.25, 0.3) is 0 Å². The molecule has 2 nitrogen and oxygen atoms in total. The van der Waals surface area contributed by atoms with Crippen molar-refractivity contribution in [3.8, 4) is 0 Å². The van der Waals surface area contributed by atoms with E-state index in [9.17, 15) is 0 Å². The zero-order valence-electron chi connectivity index (χ0n) is 12.4. The predicted molar refractivity (Wildman–Crippen MR) is 101 cm³/mol. The molecular weight excluding hydrogens is 415 g/mol. The molecule has 21 heavy (non-hydrogen) atoms. The largest absolute Gasteiger partial charge is 0.325 e. The number of imidazole rings is 1. The Labute approximate surface area is 149 Å². The van der Waals surface area contributed by atoms with Crippen molar-refractivity contribution in [3.05, 3.63) is 27.6 Å². The molecule has 0 radical (unpaired) electrons. The summed E-state index contributed by atoms with van der Waals surface area (Å²) < 4.78 is 3.95. The van der Waals surface area contributed by atoms with E-state index in [0.717, 1.165) is 17.9 Å². The molecule has 2 aromatic rings. The molecule has 0 bridgehead atoms. The molecule has 0 amide bonds. The molecule has 1 saturated carbocycles. The second-order valence-electron chi connectivity index (χ2n) is 5.90. The highest BCUT2D eigenvalue weighted by atomic mass is 127. The van der Waals surface area contributed by atoms with E-state index in [1.807, 2.05) is 18.7 Å². The molecule has 5 heteroatoms. The summed E-state index contributed by atoms with van der Waals surface area (Å²) in [6.45, 7) is 3.04. The third kappa shape index (κ3) is 3.08. The van der Waals surface area contributed by atoms with Crippen LogP contribution in [0.5, 0.6) is 0 Å². The van der Waals surface area contributed by atoms with Crippen LogP contribution in [0.2, 0.25) is 0 Å². The fourth-order valence-corrected chi connectivity index (χ4v) is 4.92. The van der Waals surface area contributed by atoms with Crippen molar-refractivity contribution >= 4 is 57.0 Å². The average molecular weight is 435 g/mol. The van der Waals surface area contributed by atoms with Gasteiger partial charge in [0, 0.05) is 14.9 Å². The zero-order valence-corrected chi connectivity index (χ0v) is 16.1. The maximum absolute atomic E-state index is 6.40. The standard InChI is InChI=1S/C16H20ClIN2S/c1-11(17)15-19-13-9-12(18)5-6-14(13)20(15)10-16(21-2)7-3-4-8-16/h5-6,9,11H,3-4,7-8,10H2,1-2H3. The highest BCUT2D eigenvalue weighted by Gasteiger charge is 2.34. The van der Waals surface area contributed by atoms with Crippen LogP contribution >= 0.6 is 46.0 Å². The molecule has 114 valence electrons. The minimum atomic E-state index is -0.0598. The average Bonchev–Trinajstić information content (AvgIpc) is 3.05. The fraction of sp³-hybridized carbons (Fsp3) is 0.562. The van der Waals surface area contributed by atoms with Crippen molar-refractivity contribution in [2.45, 2.75) is 49.3 Å². The molecule has 0 aliphatic heterocycles. The van der Waals surface area contributed by atoms with Crippen molar-refractivity contribution in [2.24, 2.45) is 0 Å². The smallest absolute Gasteiger partial charge is 0.127 e. The van der Waals surface area contributed by atoms with Crippen molar-refractivity contribution in [1.82, 2.24) is 9.55 Å². The van der Waals surface area contributed by atoms with E-state index >= 15 is 0 Å². The molecule has 0 saturated heterocycles. The van der Waals surface area contributed by atoms with E-state index in [4.69, 9.17) is 16.6 Å². The van der Waals surface area contributed by atoms with Crippen LogP contribution in [0, 0.1) is 3.57 Å². The number of alkyl halides is 1. The van der Waals surface area contributed by atoms with Gasteiger partial charge in [-0.3, -0.25) is 0 Å². The Morgan fingerprint density at radius 1 is 1.43 bits per heavy atom. The molecule has 1 heterocycles. The van der Waals surface area contributed by atoms with Crippen LogP contribution in [0.4, 0.5) is 0 Å². The van der Waals surface area contributed by atoms with Crippen LogP contribution < -0.4 is 0 Å². The number of halogens is 2. The Balaban J connectivity index is 2.09. The van der Waals surface area contributed by atoms with Gasteiger partial charge in [0.2, 0.25) is 0 Å². The highest BCUT2D eigenvalue weighted by molar-refractivity contribution is 14.1.